The summed E-state index contributed by atoms with van der Waals surface area (Å²) in [5.41, 5.74) is 0.274. The fourth-order valence-corrected chi connectivity index (χ4v) is 2.50. The summed E-state index contributed by atoms with van der Waals surface area (Å²) in [5, 5.41) is 35.9. The Kier molecular flexibility index (Phi) is 15.2. The third-order valence-corrected chi connectivity index (χ3v) is 3.98. The number of aliphatic hydroxyl groups is 2. The summed E-state index contributed by atoms with van der Waals surface area (Å²) in [6, 6.07) is 2.53. The first kappa shape index (κ1) is 27.9. The monoisotopic (exact) mass is 462 g/mol. The molecule has 0 spiro atoms. The highest BCUT2D eigenvalue weighted by molar-refractivity contribution is 5.96. The minimum absolute atomic E-state index is 0.0565. The summed E-state index contributed by atoms with van der Waals surface area (Å²) in [7, 11) is 0. The maximum atomic E-state index is 11.6. The first-order valence-corrected chi connectivity index (χ1v) is 9.81. The molecule has 0 aliphatic rings. The van der Waals surface area contributed by atoms with Crippen molar-refractivity contribution in [3.8, 4) is 0 Å². The molecule has 0 heterocycles. The van der Waals surface area contributed by atoms with Gasteiger partial charge >= 0.3 is 11.9 Å². The van der Waals surface area contributed by atoms with Crippen molar-refractivity contribution in [2.24, 2.45) is 0 Å². The number of carboxylic acids is 2. The van der Waals surface area contributed by atoms with Gasteiger partial charge in [0.05, 0.1) is 77.2 Å². The molecule has 0 aliphatic heterocycles. The maximum absolute atomic E-state index is 11.6. The van der Waals surface area contributed by atoms with Gasteiger partial charge in [-0.3, -0.25) is 0 Å². The van der Waals surface area contributed by atoms with Crippen LogP contribution in [0.25, 0.3) is 0 Å². The van der Waals surface area contributed by atoms with E-state index in [-0.39, 0.29) is 90.8 Å². The molecule has 12 nitrogen and oxygen atoms in total. The van der Waals surface area contributed by atoms with Crippen molar-refractivity contribution in [2.45, 2.75) is 13.2 Å². The van der Waals surface area contributed by atoms with Crippen LogP contribution in [0.2, 0.25) is 0 Å². The van der Waals surface area contributed by atoms with Crippen LogP contribution in [-0.2, 0) is 41.6 Å². The largest absolute Gasteiger partial charge is 0.478 e. The molecule has 1 rings (SSSR count). The molecule has 32 heavy (non-hydrogen) atoms. The van der Waals surface area contributed by atoms with Crippen LogP contribution in [0.4, 0.5) is 0 Å². The third kappa shape index (κ3) is 11.5. The van der Waals surface area contributed by atoms with Crippen molar-refractivity contribution >= 4 is 11.9 Å². The summed E-state index contributed by atoms with van der Waals surface area (Å²) >= 11 is 0. The van der Waals surface area contributed by atoms with Crippen molar-refractivity contribution in [3.05, 3.63) is 34.4 Å². The van der Waals surface area contributed by atoms with Crippen LogP contribution in [0, 0.1) is 0 Å². The van der Waals surface area contributed by atoms with Gasteiger partial charge in [0.15, 0.2) is 0 Å². The molecule has 0 atom stereocenters. The lowest BCUT2D eigenvalue weighted by atomic mass is 9.99. The van der Waals surface area contributed by atoms with Crippen molar-refractivity contribution in [1.82, 2.24) is 0 Å². The Balaban J connectivity index is 2.62. The molecule has 0 bridgehead atoms. The zero-order valence-corrected chi connectivity index (χ0v) is 17.7. The standard InChI is InChI=1S/C20H30O12/c21-13-31-7-3-27-1-5-29-11-15-9-16(12-30-6-2-28-4-8-32-14-22)18(20(25)26)10-17(15)19(23)24/h9-10,21-22H,1-8,11-14H2,(H,23,24)(H,25,26). The molecule has 0 unspecified atom stereocenters. The van der Waals surface area contributed by atoms with Gasteiger partial charge in [0, 0.05) is 0 Å². The van der Waals surface area contributed by atoms with Crippen molar-refractivity contribution in [1.29, 1.82) is 0 Å². The van der Waals surface area contributed by atoms with E-state index >= 15 is 0 Å². The van der Waals surface area contributed by atoms with E-state index in [1.165, 1.54) is 6.07 Å². The summed E-state index contributed by atoms with van der Waals surface area (Å²) in [6.07, 6.45) is 0. The molecular formula is C20H30O12. The number of aromatic carboxylic acids is 2. The van der Waals surface area contributed by atoms with Crippen LogP contribution in [0.3, 0.4) is 0 Å². The highest BCUT2D eigenvalue weighted by Gasteiger charge is 2.19. The molecule has 12 heteroatoms. The smallest absolute Gasteiger partial charge is 0.336 e. The summed E-state index contributed by atoms with van der Waals surface area (Å²) < 4.78 is 30.8. The second-order valence-electron chi connectivity index (χ2n) is 6.18. The zero-order chi connectivity index (χ0) is 23.6. The van der Waals surface area contributed by atoms with Gasteiger partial charge in [0.1, 0.15) is 13.6 Å². The van der Waals surface area contributed by atoms with Gasteiger partial charge in [-0.05, 0) is 23.3 Å². The predicted octanol–water partition coefficient (Wildman–Crippen LogP) is 0.0822. The number of ether oxygens (including phenoxy) is 6. The summed E-state index contributed by atoms with van der Waals surface area (Å²) in [5.74, 6) is -2.54. The molecule has 4 N–H and O–H groups in total. The minimum atomic E-state index is -1.27. The van der Waals surface area contributed by atoms with E-state index in [4.69, 9.17) is 38.6 Å². The maximum Gasteiger partial charge on any atom is 0.336 e. The lowest BCUT2D eigenvalue weighted by molar-refractivity contribution is -0.0378. The van der Waals surface area contributed by atoms with Gasteiger partial charge in [-0.1, -0.05) is 0 Å². The molecule has 182 valence electrons. The average molecular weight is 462 g/mol. The van der Waals surface area contributed by atoms with E-state index in [9.17, 15) is 19.8 Å². The fraction of sp³-hybridized carbons (Fsp3) is 0.600. The Morgan fingerprint density at radius 1 is 0.562 bits per heavy atom. The SMILES string of the molecule is O=C(O)c1cc(C(=O)O)c(COCCOCCOCO)cc1COCCOCCOCO. The average Bonchev–Trinajstić information content (AvgIpc) is 2.77. The van der Waals surface area contributed by atoms with E-state index in [2.05, 4.69) is 0 Å². The lowest BCUT2D eigenvalue weighted by Crippen LogP contribution is -2.14. The summed E-state index contributed by atoms with van der Waals surface area (Å²) in [6.45, 7) is 0.984. The van der Waals surface area contributed by atoms with Crippen LogP contribution < -0.4 is 0 Å². The van der Waals surface area contributed by atoms with Gasteiger partial charge in [-0.2, -0.15) is 0 Å². The quantitative estimate of drug-likeness (QED) is 0.152. The van der Waals surface area contributed by atoms with Crippen LogP contribution in [0.15, 0.2) is 12.1 Å². The number of rotatable bonds is 20. The fourth-order valence-electron chi connectivity index (χ4n) is 2.50. The number of aliphatic hydroxyl groups excluding tert-OH is 2. The van der Waals surface area contributed by atoms with Gasteiger partial charge in [-0.15, -0.1) is 0 Å². The lowest BCUT2D eigenvalue weighted by Gasteiger charge is -2.14. The third-order valence-electron chi connectivity index (χ3n) is 3.98. The summed E-state index contributed by atoms with van der Waals surface area (Å²) in [4.78, 5) is 23.1. The number of hydrogen-bond donors (Lipinski definition) is 4. The van der Waals surface area contributed by atoms with Crippen molar-refractivity contribution in [3.63, 3.8) is 0 Å². The molecule has 0 aliphatic carbocycles. The van der Waals surface area contributed by atoms with Gasteiger partial charge in [0.25, 0.3) is 0 Å². The second-order valence-corrected chi connectivity index (χ2v) is 6.18. The number of carboxylic acid groups (broad SMARTS) is 2. The number of carbonyl (C=O) groups is 2. The minimum Gasteiger partial charge on any atom is -0.478 e. The Bertz CT molecular complexity index is 626. The Hall–Kier alpha value is -2.16. The first-order valence-electron chi connectivity index (χ1n) is 9.81. The predicted molar refractivity (Wildman–Crippen MR) is 107 cm³/mol. The molecule has 0 saturated heterocycles. The zero-order valence-electron chi connectivity index (χ0n) is 17.7. The highest BCUT2D eigenvalue weighted by Crippen LogP contribution is 2.20. The van der Waals surface area contributed by atoms with Crippen LogP contribution >= 0.6 is 0 Å². The molecular weight excluding hydrogens is 432 g/mol. The Morgan fingerprint density at radius 3 is 1.25 bits per heavy atom. The van der Waals surface area contributed by atoms with E-state index in [0.29, 0.717) is 11.1 Å². The molecule has 0 amide bonds. The van der Waals surface area contributed by atoms with Crippen molar-refractivity contribution < 1.29 is 58.4 Å². The highest BCUT2D eigenvalue weighted by atomic mass is 16.6. The molecule has 0 radical (unpaired) electrons. The van der Waals surface area contributed by atoms with E-state index < -0.39 is 11.9 Å². The second kappa shape index (κ2) is 17.4. The van der Waals surface area contributed by atoms with E-state index in [0.717, 1.165) is 6.07 Å². The number of hydrogen-bond acceptors (Lipinski definition) is 10. The topological polar surface area (TPSA) is 170 Å². The normalized spacial score (nSPS) is 11.1. The van der Waals surface area contributed by atoms with Gasteiger partial charge < -0.3 is 48.8 Å². The number of benzene rings is 1. The Morgan fingerprint density at radius 2 is 0.906 bits per heavy atom. The van der Waals surface area contributed by atoms with Crippen molar-refractivity contribution in [2.75, 3.05) is 66.4 Å². The van der Waals surface area contributed by atoms with Gasteiger partial charge in [-0.25, -0.2) is 9.59 Å². The first-order chi connectivity index (χ1) is 15.5. The van der Waals surface area contributed by atoms with Crippen LogP contribution in [0.1, 0.15) is 31.8 Å². The van der Waals surface area contributed by atoms with Crippen LogP contribution in [-0.4, -0.2) is 98.8 Å². The van der Waals surface area contributed by atoms with E-state index in [1.54, 1.807) is 0 Å². The van der Waals surface area contributed by atoms with Gasteiger partial charge in [0.2, 0.25) is 0 Å². The molecule has 0 saturated carbocycles. The van der Waals surface area contributed by atoms with E-state index in [1.807, 2.05) is 0 Å². The molecule has 1 aromatic carbocycles. The molecule has 1 aromatic rings. The molecule has 0 fully saturated rings. The Labute approximate surface area is 185 Å². The molecule has 0 aromatic heterocycles. The van der Waals surface area contributed by atoms with Crippen LogP contribution in [0.5, 0.6) is 0 Å².